The largest absolute Gasteiger partial charge is 0.387 e. The molecule has 0 radical (unpaired) electrons. The molecular formula is C12H12BrN3. The van der Waals surface area contributed by atoms with Crippen molar-refractivity contribution in [1.29, 1.82) is 0 Å². The maximum absolute atomic E-state index is 4.14. The van der Waals surface area contributed by atoms with Crippen molar-refractivity contribution in [2.24, 2.45) is 0 Å². The Kier molecular flexibility index (Phi) is 3.41. The predicted molar refractivity (Wildman–Crippen MR) is 71.2 cm³/mol. The van der Waals surface area contributed by atoms with Crippen LogP contribution in [-0.2, 0) is 0 Å². The molecule has 2 rings (SSSR count). The fourth-order valence-corrected chi connectivity index (χ4v) is 1.78. The van der Waals surface area contributed by atoms with Gasteiger partial charge in [-0.3, -0.25) is 4.98 Å². The van der Waals surface area contributed by atoms with Crippen molar-refractivity contribution < 1.29 is 0 Å². The molecule has 0 spiro atoms. The van der Waals surface area contributed by atoms with Crippen molar-refractivity contribution in [1.82, 2.24) is 4.98 Å². The molecule has 2 aromatic rings. The first-order valence-electron chi connectivity index (χ1n) is 4.93. The van der Waals surface area contributed by atoms with Gasteiger partial charge in [0.1, 0.15) is 0 Å². The van der Waals surface area contributed by atoms with Gasteiger partial charge in [0.25, 0.3) is 0 Å². The van der Waals surface area contributed by atoms with Gasteiger partial charge >= 0.3 is 0 Å². The molecule has 82 valence electrons. The van der Waals surface area contributed by atoms with Crippen LogP contribution in [0.4, 0.5) is 17.1 Å². The van der Waals surface area contributed by atoms with E-state index in [1.165, 1.54) is 0 Å². The monoisotopic (exact) mass is 277 g/mol. The molecule has 0 fully saturated rings. The molecule has 3 nitrogen and oxygen atoms in total. The molecule has 1 aromatic heterocycles. The smallest absolute Gasteiger partial charge is 0.0591 e. The fraction of sp³-hybridized carbons (Fsp3) is 0.0833. The lowest BCUT2D eigenvalue weighted by molar-refractivity contribution is 1.30. The molecule has 4 heteroatoms. The van der Waals surface area contributed by atoms with E-state index >= 15 is 0 Å². The third-order valence-corrected chi connectivity index (χ3v) is 2.63. The average Bonchev–Trinajstić information content (AvgIpc) is 2.29. The molecule has 1 heterocycles. The van der Waals surface area contributed by atoms with Gasteiger partial charge in [-0.25, -0.2) is 0 Å². The minimum absolute atomic E-state index is 0.963. The number of rotatable bonds is 3. The second kappa shape index (κ2) is 4.99. The van der Waals surface area contributed by atoms with Crippen molar-refractivity contribution in [3.05, 3.63) is 47.2 Å². The SMILES string of the molecule is CNc1cncc(Nc2cccc(Br)c2)c1. The van der Waals surface area contributed by atoms with Crippen LogP contribution in [0, 0.1) is 0 Å². The first-order chi connectivity index (χ1) is 7.78. The topological polar surface area (TPSA) is 37.0 Å². The Balaban J connectivity index is 2.20. The third-order valence-electron chi connectivity index (χ3n) is 2.14. The van der Waals surface area contributed by atoms with E-state index < -0.39 is 0 Å². The molecule has 0 atom stereocenters. The highest BCUT2D eigenvalue weighted by atomic mass is 79.9. The fourth-order valence-electron chi connectivity index (χ4n) is 1.38. The number of hydrogen-bond donors (Lipinski definition) is 2. The van der Waals surface area contributed by atoms with E-state index in [9.17, 15) is 0 Å². The summed E-state index contributed by atoms with van der Waals surface area (Å²) in [6.07, 6.45) is 3.58. The zero-order chi connectivity index (χ0) is 11.4. The zero-order valence-corrected chi connectivity index (χ0v) is 10.5. The van der Waals surface area contributed by atoms with Crippen LogP contribution in [0.25, 0.3) is 0 Å². The number of aromatic nitrogens is 1. The summed E-state index contributed by atoms with van der Waals surface area (Å²) in [5.41, 5.74) is 2.98. The molecule has 0 aliphatic carbocycles. The number of hydrogen-bond acceptors (Lipinski definition) is 3. The molecule has 0 bridgehead atoms. The summed E-state index contributed by atoms with van der Waals surface area (Å²) in [6, 6.07) is 10.0. The minimum Gasteiger partial charge on any atom is -0.387 e. The number of nitrogens with zero attached hydrogens (tertiary/aromatic N) is 1. The maximum atomic E-state index is 4.14. The van der Waals surface area contributed by atoms with Gasteiger partial charge < -0.3 is 10.6 Å². The lowest BCUT2D eigenvalue weighted by Gasteiger charge is -2.07. The Morgan fingerprint density at radius 2 is 1.88 bits per heavy atom. The third kappa shape index (κ3) is 2.73. The quantitative estimate of drug-likeness (QED) is 0.900. The predicted octanol–water partition coefficient (Wildman–Crippen LogP) is 3.63. The maximum Gasteiger partial charge on any atom is 0.0591 e. The Bertz CT molecular complexity index is 485. The highest BCUT2D eigenvalue weighted by molar-refractivity contribution is 9.10. The van der Waals surface area contributed by atoms with Crippen molar-refractivity contribution in [2.45, 2.75) is 0 Å². The lowest BCUT2D eigenvalue weighted by Crippen LogP contribution is -1.94. The molecule has 0 saturated carbocycles. The summed E-state index contributed by atoms with van der Waals surface area (Å²) in [7, 11) is 1.87. The highest BCUT2D eigenvalue weighted by Gasteiger charge is 1.97. The Labute approximate surface area is 103 Å². The van der Waals surface area contributed by atoms with Crippen LogP contribution >= 0.6 is 15.9 Å². The van der Waals surface area contributed by atoms with E-state index in [1.54, 1.807) is 12.4 Å². The molecule has 0 aliphatic heterocycles. The lowest BCUT2D eigenvalue weighted by atomic mass is 10.3. The van der Waals surface area contributed by atoms with Crippen molar-refractivity contribution >= 4 is 33.0 Å². The molecule has 0 aliphatic rings. The Hall–Kier alpha value is -1.55. The molecule has 1 aromatic carbocycles. The van der Waals surface area contributed by atoms with E-state index in [0.717, 1.165) is 21.5 Å². The van der Waals surface area contributed by atoms with Gasteiger partial charge in [0.15, 0.2) is 0 Å². The van der Waals surface area contributed by atoms with Crippen LogP contribution in [-0.4, -0.2) is 12.0 Å². The van der Waals surface area contributed by atoms with Crippen molar-refractivity contribution in [3.63, 3.8) is 0 Å². The van der Waals surface area contributed by atoms with Gasteiger partial charge in [0.05, 0.1) is 23.8 Å². The van der Waals surface area contributed by atoms with Crippen LogP contribution in [0.3, 0.4) is 0 Å². The van der Waals surface area contributed by atoms with Gasteiger partial charge in [0.2, 0.25) is 0 Å². The number of nitrogens with one attached hydrogen (secondary N) is 2. The zero-order valence-electron chi connectivity index (χ0n) is 8.87. The van der Waals surface area contributed by atoms with E-state index in [4.69, 9.17) is 0 Å². The summed E-state index contributed by atoms with van der Waals surface area (Å²) >= 11 is 3.44. The number of halogens is 1. The Morgan fingerprint density at radius 3 is 2.62 bits per heavy atom. The number of anilines is 3. The van der Waals surface area contributed by atoms with Crippen LogP contribution in [0.5, 0.6) is 0 Å². The normalized spacial score (nSPS) is 9.88. The summed E-state index contributed by atoms with van der Waals surface area (Å²) in [5.74, 6) is 0. The standard InChI is InChI=1S/C12H12BrN3/c1-14-11-6-12(8-15-7-11)16-10-4-2-3-9(13)5-10/h2-8,14,16H,1H3. The van der Waals surface area contributed by atoms with Gasteiger partial charge in [-0.2, -0.15) is 0 Å². The van der Waals surface area contributed by atoms with Gasteiger partial charge in [-0.15, -0.1) is 0 Å². The summed E-state index contributed by atoms with van der Waals surface area (Å²) in [5, 5.41) is 6.34. The van der Waals surface area contributed by atoms with Gasteiger partial charge in [0, 0.05) is 17.2 Å². The first-order valence-corrected chi connectivity index (χ1v) is 5.72. The average molecular weight is 278 g/mol. The number of benzene rings is 1. The molecule has 0 saturated heterocycles. The summed E-state index contributed by atoms with van der Waals surface area (Å²) < 4.78 is 1.05. The molecule has 2 N–H and O–H groups in total. The van der Waals surface area contributed by atoms with E-state index in [-0.39, 0.29) is 0 Å². The molecule has 0 amide bonds. The van der Waals surface area contributed by atoms with Crippen LogP contribution in [0.1, 0.15) is 0 Å². The van der Waals surface area contributed by atoms with Crippen LogP contribution in [0.2, 0.25) is 0 Å². The van der Waals surface area contributed by atoms with Crippen LogP contribution < -0.4 is 10.6 Å². The second-order valence-electron chi connectivity index (χ2n) is 3.35. The Morgan fingerprint density at radius 1 is 1.06 bits per heavy atom. The number of pyridine rings is 1. The van der Waals surface area contributed by atoms with Gasteiger partial charge in [-0.1, -0.05) is 22.0 Å². The second-order valence-corrected chi connectivity index (χ2v) is 4.26. The molecule has 16 heavy (non-hydrogen) atoms. The minimum atomic E-state index is 0.963. The van der Waals surface area contributed by atoms with E-state index in [0.29, 0.717) is 0 Å². The first kappa shape index (κ1) is 11.0. The highest BCUT2D eigenvalue weighted by Crippen LogP contribution is 2.21. The van der Waals surface area contributed by atoms with E-state index in [1.807, 2.05) is 37.4 Å². The summed E-state index contributed by atoms with van der Waals surface area (Å²) in [4.78, 5) is 4.14. The van der Waals surface area contributed by atoms with E-state index in [2.05, 4.69) is 31.5 Å². The summed E-state index contributed by atoms with van der Waals surface area (Å²) in [6.45, 7) is 0. The van der Waals surface area contributed by atoms with Crippen molar-refractivity contribution in [3.8, 4) is 0 Å². The molecular weight excluding hydrogens is 266 g/mol. The van der Waals surface area contributed by atoms with Crippen molar-refractivity contribution in [2.75, 3.05) is 17.7 Å². The van der Waals surface area contributed by atoms with Crippen LogP contribution in [0.15, 0.2) is 47.2 Å². The van der Waals surface area contributed by atoms with Gasteiger partial charge in [-0.05, 0) is 24.3 Å². The molecule has 0 unspecified atom stereocenters.